The van der Waals surface area contributed by atoms with Crippen LogP contribution in [-0.2, 0) is 39.4 Å². The molecule has 0 amide bonds. The van der Waals surface area contributed by atoms with E-state index in [2.05, 4.69) is 15.1 Å². The summed E-state index contributed by atoms with van der Waals surface area (Å²) < 4.78 is 38.2. The molecule has 0 spiro atoms. The number of ether oxygens (including phenoxy) is 1. The molecule has 11 heteroatoms. The highest BCUT2D eigenvalue weighted by Gasteiger charge is 2.21. The summed E-state index contributed by atoms with van der Waals surface area (Å²) in [5, 5.41) is 3.86. The first-order valence-electron chi connectivity index (χ1n) is 10.0. The van der Waals surface area contributed by atoms with Crippen molar-refractivity contribution in [3.05, 3.63) is 35.7 Å². The Morgan fingerprint density at radius 2 is 2.00 bits per heavy atom. The van der Waals surface area contributed by atoms with Gasteiger partial charge in [0.1, 0.15) is 5.82 Å². The van der Waals surface area contributed by atoms with Crippen LogP contribution >= 0.6 is 0 Å². The largest absolute Gasteiger partial charge is 0.453 e. The van der Waals surface area contributed by atoms with Gasteiger partial charge in [-0.25, -0.2) is 17.7 Å². The van der Waals surface area contributed by atoms with Crippen LogP contribution in [0.4, 0.5) is 0 Å². The Balaban J connectivity index is 1.67. The van der Waals surface area contributed by atoms with Crippen molar-refractivity contribution in [2.45, 2.75) is 50.5 Å². The Bertz CT molecular complexity index is 1180. The lowest BCUT2D eigenvalue weighted by Crippen LogP contribution is -2.22. The Labute approximate surface area is 181 Å². The summed E-state index contributed by atoms with van der Waals surface area (Å²) in [4.78, 5) is 21.2. The van der Waals surface area contributed by atoms with Gasteiger partial charge in [0, 0.05) is 34.0 Å². The van der Waals surface area contributed by atoms with Gasteiger partial charge in [-0.1, -0.05) is 12.1 Å². The fourth-order valence-electron chi connectivity index (χ4n) is 3.10. The van der Waals surface area contributed by atoms with Gasteiger partial charge < -0.3 is 13.8 Å². The van der Waals surface area contributed by atoms with E-state index in [-0.39, 0.29) is 17.2 Å². The third-order valence-corrected chi connectivity index (χ3v) is 6.70. The summed E-state index contributed by atoms with van der Waals surface area (Å²) in [6.45, 7) is 3.70. The fourth-order valence-corrected chi connectivity index (χ4v) is 4.02. The van der Waals surface area contributed by atoms with Gasteiger partial charge in [-0.2, -0.15) is 4.98 Å². The first-order chi connectivity index (χ1) is 14.6. The third-order valence-electron chi connectivity index (χ3n) is 4.89. The minimum atomic E-state index is -3.55. The Hall–Kier alpha value is -2.79. The normalized spacial score (nSPS) is 13.1. The average Bonchev–Trinajstić information content (AvgIpc) is 3.31. The number of aryl methyl sites for hydroxylation is 3. The van der Waals surface area contributed by atoms with Gasteiger partial charge in [0.2, 0.25) is 10.0 Å². The maximum atomic E-state index is 12.4. The van der Waals surface area contributed by atoms with Crippen molar-refractivity contribution < 1.29 is 22.5 Å². The summed E-state index contributed by atoms with van der Waals surface area (Å²) in [7, 11) is 1.24. The van der Waals surface area contributed by atoms with Crippen LogP contribution in [0.3, 0.4) is 0 Å². The molecule has 0 aliphatic heterocycles. The number of hydrogen-bond acceptors (Lipinski definition) is 8. The van der Waals surface area contributed by atoms with E-state index in [0.29, 0.717) is 30.0 Å². The number of aromatic nitrogens is 4. The zero-order chi connectivity index (χ0) is 22.8. The first kappa shape index (κ1) is 22.9. The van der Waals surface area contributed by atoms with E-state index in [9.17, 15) is 13.2 Å². The van der Waals surface area contributed by atoms with Crippen molar-refractivity contribution in [2.24, 2.45) is 7.05 Å². The maximum absolute atomic E-state index is 12.4. The fraction of sp³-hybridized carbons (Fsp3) is 0.500. The van der Waals surface area contributed by atoms with Crippen LogP contribution in [0.2, 0.25) is 0 Å². The number of rotatable bonds is 9. The van der Waals surface area contributed by atoms with Crippen molar-refractivity contribution in [3.63, 3.8) is 0 Å². The summed E-state index contributed by atoms with van der Waals surface area (Å²) in [5.41, 5.74) is 1.33. The Morgan fingerprint density at radius 3 is 2.68 bits per heavy atom. The van der Waals surface area contributed by atoms with Gasteiger partial charge in [-0.3, -0.25) is 4.79 Å². The molecule has 1 aromatic carbocycles. The molecule has 3 aromatic rings. The standard InChI is InChI=1S/C20H27N5O5S/c1-6-7-17-22-20(30-23-17)13(2)29-19(26)11-10-18-21-15-12-14(31(27,28)24(3)4)8-9-16(15)25(18)5/h8-9,12-13H,6-7,10-11H2,1-5H3. The number of imidazole rings is 1. The van der Waals surface area contributed by atoms with E-state index in [1.165, 1.54) is 20.2 Å². The predicted octanol–water partition coefficient (Wildman–Crippen LogP) is 2.40. The van der Waals surface area contributed by atoms with Crippen molar-refractivity contribution in [2.75, 3.05) is 14.1 Å². The molecule has 3 rings (SSSR count). The monoisotopic (exact) mass is 449 g/mol. The van der Waals surface area contributed by atoms with E-state index in [0.717, 1.165) is 16.2 Å². The topological polar surface area (TPSA) is 120 Å². The zero-order valence-electron chi connectivity index (χ0n) is 18.3. The molecule has 0 N–H and O–H groups in total. The lowest BCUT2D eigenvalue weighted by atomic mass is 10.3. The lowest BCUT2D eigenvalue weighted by molar-refractivity contribution is -0.149. The molecule has 0 aliphatic rings. The van der Waals surface area contributed by atoms with E-state index in [4.69, 9.17) is 9.26 Å². The highest BCUT2D eigenvalue weighted by Crippen LogP contribution is 2.22. The van der Waals surface area contributed by atoms with E-state index < -0.39 is 22.1 Å². The molecule has 1 unspecified atom stereocenters. The minimum Gasteiger partial charge on any atom is -0.453 e. The smallest absolute Gasteiger partial charge is 0.307 e. The second-order valence-corrected chi connectivity index (χ2v) is 9.61. The molecule has 0 radical (unpaired) electrons. The summed E-state index contributed by atoms with van der Waals surface area (Å²) >= 11 is 0. The number of hydrogen-bond donors (Lipinski definition) is 0. The molecule has 1 atom stereocenters. The summed E-state index contributed by atoms with van der Waals surface area (Å²) in [6, 6.07) is 4.81. The molecule has 0 fully saturated rings. The molecule has 0 saturated carbocycles. The van der Waals surface area contributed by atoms with Crippen LogP contribution in [-0.4, -0.2) is 52.5 Å². The van der Waals surface area contributed by atoms with Gasteiger partial charge >= 0.3 is 5.97 Å². The molecule has 168 valence electrons. The Kier molecular flexibility index (Phi) is 6.75. The number of carbonyl (C=O) groups excluding carboxylic acids is 1. The number of sulfonamides is 1. The summed E-state index contributed by atoms with van der Waals surface area (Å²) in [5.74, 6) is 1.11. The number of nitrogens with zero attached hydrogens (tertiary/aromatic N) is 5. The lowest BCUT2D eigenvalue weighted by Gasteiger charge is -2.11. The molecule has 2 aromatic heterocycles. The highest BCUT2D eigenvalue weighted by atomic mass is 32.2. The summed E-state index contributed by atoms with van der Waals surface area (Å²) in [6.07, 6.45) is 1.42. The molecule has 0 saturated heterocycles. The highest BCUT2D eigenvalue weighted by molar-refractivity contribution is 7.89. The molecule has 31 heavy (non-hydrogen) atoms. The van der Waals surface area contributed by atoms with Crippen LogP contribution in [0, 0.1) is 0 Å². The third kappa shape index (κ3) is 4.93. The van der Waals surface area contributed by atoms with Crippen molar-refractivity contribution >= 4 is 27.0 Å². The van der Waals surface area contributed by atoms with E-state index in [1.54, 1.807) is 19.1 Å². The number of benzene rings is 1. The quantitative estimate of drug-likeness (QED) is 0.457. The zero-order valence-corrected chi connectivity index (χ0v) is 19.1. The van der Waals surface area contributed by atoms with Gasteiger partial charge in [-0.15, -0.1) is 0 Å². The molecular formula is C20H27N5O5S. The minimum absolute atomic E-state index is 0.111. The van der Waals surface area contributed by atoms with Gasteiger partial charge in [-0.05, 0) is 31.5 Å². The van der Waals surface area contributed by atoms with Crippen molar-refractivity contribution in [1.82, 2.24) is 24.0 Å². The second kappa shape index (κ2) is 9.15. The molecular weight excluding hydrogens is 422 g/mol. The van der Waals surface area contributed by atoms with Gasteiger partial charge in [0.05, 0.1) is 22.3 Å². The van der Waals surface area contributed by atoms with Crippen LogP contribution in [0.1, 0.15) is 50.3 Å². The van der Waals surface area contributed by atoms with Crippen molar-refractivity contribution in [3.8, 4) is 0 Å². The average molecular weight is 450 g/mol. The van der Waals surface area contributed by atoms with E-state index in [1.807, 2.05) is 18.5 Å². The first-order valence-corrected chi connectivity index (χ1v) is 11.5. The Morgan fingerprint density at radius 1 is 1.26 bits per heavy atom. The van der Waals surface area contributed by atoms with Crippen LogP contribution in [0.5, 0.6) is 0 Å². The number of carbonyl (C=O) groups is 1. The number of esters is 1. The molecule has 2 heterocycles. The molecule has 0 aliphatic carbocycles. The van der Waals surface area contributed by atoms with Crippen LogP contribution in [0.25, 0.3) is 11.0 Å². The van der Waals surface area contributed by atoms with Crippen LogP contribution < -0.4 is 0 Å². The van der Waals surface area contributed by atoms with Gasteiger partial charge in [0.25, 0.3) is 5.89 Å². The van der Waals surface area contributed by atoms with E-state index >= 15 is 0 Å². The molecule has 10 nitrogen and oxygen atoms in total. The van der Waals surface area contributed by atoms with Crippen molar-refractivity contribution in [1.29, 1.82) is 0 Å². The number of fused-ring (bicyclic) bond motifs is 1. The van der Waals surface area contributed by atoms with Gasteiger partial charge in [0.15, 0.2) is 11.9 Å². The predicted molar refractivity (Wildman–Crippen MR) is 113 cm³/mol. The SMILES string of the molecule is CCCc1noc(C(C)OC(=O)CCc2nc3cc(S(=O)(=O)N(C)C)ccc3n2C)n1. The maximum Gasteiger partial charge on any atom is 0.307 e. The van der Waals surface area contributed by atoms with Crippen LogP contribution in [0.15, 0.2) is 27.6 Å². The molecule has 0 bridgehead atoms. The second-order valence-electron chi connectivity index (χ2n) is 7.46.